The van der Waals surface area contributed by atoms with Crippen LogP contribution in [-0.2, 0) is 6.54 Å². The van der Waals surface area contributed by atoms with Gasteiger partial charge in [0.25, 0.3) is 12.3 Å². The number of anilines is 1. The number of carbonyl (C=O) groups is 1. The van der Waals surface area contributed by atoms with Gasteiger partial charge in [-0.25, -0.2) is 4.98 Å². The number of aliphatic hydroxyl groups excluding tert-OH is 1. The molecule has 1 amide bonds. The summed E-state index contributed by atoms with van der Waals surface area (Å²) in [6.07, 6.45) is 2.77. The summed E-state index contributed by atoms with van der Waals surface area (Å²) in [6.45, 7) is 0.823. The number of benzene rings is 1. The summed E-state index contributed by atoms with van der Waals surface area (Å²) in [4.78, 5) is 16.8. The van der Waals surface area contributed by atoms with Gasteiger partial charge in [-0.1, -0.05) is 17.7 Å². The van der Waals surface area contributed by atoms with Gasteiger partial charge >= 0.3 is 0 Å². The lowest BCUT2D eigenvalue weighted by Crippen LogP contribution is -2.24. The van der Waals surface area contributed by atoms with Gasteiger partial charge in [-0.2, -0.15) is 0 Å². The fourth-order valence-corrected chi connectivity index (χ4v) is 2.89. The molecule has 2 heterocycles. The van der Waals surface area contributed by atoms with Crippen LogP contribution in [-0.4, -0.2) is 29.0 Å². The Labute approximate surface area is 155 Å². The fourth-order valence-electron chi connectivity index (χ4n) is 2.66. The molecule has 4 rings (SSSR count). The van der Waals surface area contributed by atoms with E-state index in [-0.39, 0.29) is 23.9 Å². The Morgan fingerprint density at radius 1 is 1.42 bits per heavy atom. The minimum Gasteiger partial charge on any atom is -0.477 e. The first kappa shape index (κ1) is 16.9. The number of pyridine rings is 1. The van der Waals surface area contributed by atoms with Crippen LogP contribution < -0.4 is 20.1 Å². The summed E-state index contributed by atoms with van der Waals surface area (Å²) in [5.41, 5.74) is 1.77. The molecule has 1 aromatic heterocycles. The number of rotatable bonds is 6. The number of aromatic nitrogens is 1. The zero-order valence-corrected chi connectivity index (χ0v) is 14.6. The maximum absolute atomic E-state index is 12.6. The van der Waals surface area contributed by atoms with Crippen LogP contribution in [0.5, 0.6) is 11.6 Å². The highest BCUT2D eigenvalue weighted by atomic mass is 35.5. The fraction of sp³-hybridized carbons (Fsp3) is 0.333. The van der Waals surface area contributed by atoms with Crippen molar-refractivity contribution in [2.24, 2.45) is 5.92 Å². The summed E-state index contributed by atoms with van der Waals surface area (Å²) in [6, 6.07) is 6.95. The largest absolute Gasteiger partial charge is 0.477 e. The Balaban J connectivity index is 1.44. The molecule has 1 aromatic carbocycles. The zero-order chi connectivity index (χ0) is 18.1. The highest BCUT2D eigenvalue weighted by Gasteiger charge is 2.25. The molecule has 1 aliphatic heterocycles. The maximum atomic E-state index is 12.6. The summed E-state index contributed by atoms with van der Waals surface area (Å²) < 4.78 is 10.9. The van der Waals surface area contributed by atoms with E-state index in [1.54, 1.807) is 18.2 Å². The standard InChI is InChI=1S/C18H18ClN3O4/c19-12-5-6-20-17(25-9-10-1-2-10)15(12)16(23)21-8-11-3-4-13-14(7-11)26-18(24)22-13/h3-7,10,18,22,24H,1-2,8-9H2,(H,21,23). The minimum atomic E-state index is -1.05. The highest BCUT2D eigenvalue weighted by molar-refractivity contribution is 6.34. The normalized spacial score (nSPS) is 17.8. The van der Waals surface area contributed by atoms with E-state index < -0.39 is 6.41 Å². The molecule has 1 aliphatic carbocycles. The number of hydrogen-bond donors (Lipinski definition) is 3. The van der Waals surface area contributed by atoms with E-state index in [1.807, 2.05) is 6.07 Å². The van der Waals surface area contributed by atoms with Crippen LogP contribution >= 0.6 is 11.6 Å². The quantitative estimate of drug-likeness (QED) is 0.718. The van der Waals surface area contributed by atoms with E-state index in [9.17, 15) is 9.90 Å². The van der Waals surface area contributed by atoms with Gasteiger partial charge in [-0.3, -0.25) is 4.79 Å². The lowest BCUT2D eigenvalue weighted by atomic mass is 10.2. The first-order chi connectivity index (χ1) is 12.6. The molecule has 26 heavy (non-hydrogen) atoms. The third-order valence-electron chi connectivity index (χ3n) is 4.26. The lowest BCUT2D eigenvalue weighted by molar-refractivity contribution is 0.0211. The van der Waals surface area contributed by atoms with E-state index in [1.165, 1.54) is 6.20 Å². The van der Waals surface area contributed by atoms with E-state index in [4.69, 9.17) is 21.1 Å². The van der Waals surface area contributed by atoms with Gasteiger partial charge in [0, 0.05) is 12.7 Å². The monoisotopic (exact) mass is 375 g/mol. The Morgan fingerprint density at radius 3 is 3.08 bits per heavy atom. The van der Waals surface area contributed by atoms with Crippen LogP contribution in [0.15, 0.2) is 30.5 Å². The summed E-state index contributed by atoms with van der Waals surface area (Å²) >= 11 is 6.19. The van der Waals surface area contributed by atoms with Gasteiger partial charge in [0.1, 0.15) is 11.3 Å². The highest BCUT2D eigenvalue weighted by Crippen LogP contribution is 2.32. The molecule has 1 saturated carbocycles. The number of aliphatic hydroxyl groups is 1. The number of hydrogen-bond acceptors (Lipinski definition) is 6. The Kier molecular flexibility index (Phi) is 4.57. The first-order valence-corrected chi connectivity index (χ1v) is 8.77. The number of carbonyl (C=O) groups excluding carboxylic acids is 1. The number of amides is 1. The smallest absolute Gasteiger partial charge is 0.279 e. The average Bonchev–Trinajstić information content (AvgIpc) is 3.37. The summed E-state index contributed by atoms with van der Waals surface area (Å²) in [5, 5.41) is 15.3. The van der Waals surface area contributed by atoms with Crippen molar-refractivity contribution in [2.45, 2.75) is 25.8 Å². The van der Waals surface area contributed by atoms with Crippen molar-refractivity contribution in [1.82, 2.24) is 10.3 Å². The molecule has 1 fully saturated rings. The lowest BCUT2D eigenvalue weighted by Gasteiger charge is -2.12. The molecule has 8 heteroatoms. The second kappa shape index (κ2) is 7.01. The van der Waals surface area contributed by atoms with Crippen molar-refractivity contribution in [3.05, 3.63) is 46.6 Å². The molecule has 2 aliphatic rings. The van der Waals surface area contributed by atoms with Crippen LogP contribution in [0.4, 0.5) is 5.69 Å². The Hall–Kier alpha value is -2.51. The van der Waals surface area contributed by atoms with Crippen molar-refractivity contribution in [2.75, 3.05) is 11.9 Å². The van der Waals surface area contributed by atoms with Gasteiger partial charge in [0.2, 0.25) is 5.88 Å². The zero-order valence-electron chi connectivity index (χ0n) is 13.9. The molecule has 0 radical (unpaired) electrons. The van der Waals surface area contributed by atoms with Crippen LogP contribution in [0.25, 0.3) is 0 Å². The van der Waals surface area contributed by atoms with Crippen molar-refractivity contribution < 1.29 is 19.4 Å². The van der Waals surface area contributed by atoms with Crippen LogP contribution in [0, 0.1) is 5.92 Å². The SMILES string of the molecule is O=C(NCc1ccc2c(c1)OC(O)N2)c1c(Cl)ccnc1OCC1CC1. The van der Waals surface area contributed by atoms with Crippen LogP contribution in [0.2, 0.25) is 5.02 Å². The van der Waals surface area contributed by atoms with E-state index >= 15 is 0 Å². The molecule has 2 aromatic rings. The number of halogens is 1. The third-order valence-corrected chi connectivity index (χ3v) is 4.58. The predicted octanol–water partition coefficient (Wildman–Crippen LogP) is 2.53. The molecule has 0 saturated heterocycles. The molecule has 0 bridgehead atoms. The van der Waals surface area contributed by atoms with Gasteiger partial charge in [0.05, 0.1) is 17.3 Å². The number of ether oxygens (including phenoxy) is 2. The maximum Gasteiger partial charge on any atom is 0.279 e. The number of nitrogens with zero attached hydrogens (tertiary/aromatic N) is 1. The Morgan fingerprint density at radius 2 is 2.27 bits per heavy atom. The molecule has 1 unspecified atom stereocenters. The van der Waals surface area contributed by atoms with Gasteiger partial charge < -0.3 is 25.2 Å². The molecule has 3 N–H and O–H groups in total. The van der Waals surface area contributed by atoms with Crippen molar-refractivity contribution >= 4 is 23.2 Å². The van der Waals surface area contributed by atoms with E-state index in [2.05, 4.69) is 15.6 Å². The average molecular weight is 376 g/mol. The predicted molar refractivity (Wildman–Crippen MR) is 95.3 cm³/mol. The van der Waals surface area contributed by atoms with Gasteiger partial charge in [0.15, 0.2) is 0 Å². The van der Waals surface area contributed by atoms with Crippen molar-refractivity contribution in [3.63, 3.8) is 0 Å². The van der Waals surface area contributed by atoms with Gasteiger partial charge in [-0.15, -0.1) is 0 Å². The molecule has 136 valence electrons. The number of fused-ring (bicyclic) bond motifs is 1. The van der Waals surface area contributed by atoms with Crippen LogP contribution in [0.1, 0.15) is 28.8 Å². The molecule has 1 atom stereocenters. The van der Waals surface area contributed by atoms with Crippen molar-refractivity contribution in [1.29, 1.82) is 0 Å². The minimum absolute atomic E-state index is 0.240. The molecular formula is C18H18ClN3O4. The third kappa shape index (κ3) is 3.68. The Bertz CT molecular complexity index is 841. The second-order valence-corrected chi connectivity index (χ2v) is 6.76. The van der Waals surface area contributed by atoms with E-state index in [0.717, 1.165) is 18.4 Å². The summed E-state index contributed by atoms with van der Waals surface area (Å²) in [7, 11) is 0. The molecule has 7 nitrogen and oxygen atoms in total. The van der Waals surface area contributed by atoms with Crippen LogP contribution in [0.3, 0.4) is 0 Å². The molecule has 0 spiro atoms. The van der Waals surface area contributed by atoms with Gasteiger partial charge in [-0.05, 0) is 42.5 Å². The topological polar surface area (TPSA) is 92.7 Å². The number of nitrogens with one attached hydrogen (secondary N) is 2. The van der Waals surface area contributed by atoms with E-state index in [0.29, 0.717) is 29.0 Å². The molecular weight excluding hydrogens is 358 g/mol. The van der Waals surface area contributed by atoms with Crippen molar-refractivity contribution in [3.8, 4) is 11.6 Å². The first-order valence-electron chi connectivity index (χ1n) is 8.40. The summed E-state index contributed by atoms with van der Waals surface area (Å²) in [5.74, 6) is 0.985. The second-order valence-electron chi connectivity index (χ2n) is 6.36.